The number of thioether (sulfide) groups is 1. The van der Waals surface area contributed by atoms with Crippen molar-refractivity contribution in [2.24, 2.45) is 0 Å². The topological polar surface area (TPSA) is 67.3 Å². The molecule has 0 aliphatic heterocycles. The number of thiazole rings is 1. The van der Waals surface area contributed by atoms with Gasteiger partial charge in [0.2, 0.25) is 5.91 Å². The van der Waals surface area contributed by atoms with E-state index in [0.717, 1.165) is 15.2 Å². The molecule has 0 aliphatic carbocycles. The third-order valence-electron chi connectivity index (χ3n) is 4.60. The molecule has 4 rings (SSSR count). The molecule has 0 aliphatic rings. The first-order valence-corrected chi connectivity index (χ1v) is 13.2. The van der Waals surface area contributed by atoms with E-state index in [-0.39, 0.29) is 16.6 Å². The first kappa shape index (κ1) is 21.5. The van der Waals surface area contributed by atoms with Crippen molar-refractivity contribution >= 4 is 54.2 Å². The van der Waals surface area contributed by atoms with E-state index in [1.807, 2.05) is 60.7 Å². The highest BCUT2D eigenvalue weighted by molar-refractivity contribution is 8.00. The molecule has 0 atom stereocenters. The van der Waals surface area contributed by atoms with Gasteiger partial charge in [0.1, 0.15) is 0 Å². The fraction of sp³-hybridized carbons (Fsp3) is 0.130. The summed E-state index contributed by atoms with van der Waals surface area (Å²) in [5.41, 5.74) is 1.67. The van der Waals surface area contributed by atoms with Crippen LogP contribution in [0.15, 0.2) is 88.7 Å². The minimum atomic E-state index is -3.31. The Morgan fingerprint density at radius 2 is 1.68 bits per heavy atom. The predicted molar refractivity (Wildman–Crippen MR) is 128 cm³/mol. The van der Waals surface area contributed by atoms with E-state index in [2.05, 4.69) is 4.98 Å². The number of carbonyl (C=O) groups is 1. The first-order chi connectivity index (χ1) is 14.9. The zero-order valence-corrected chi connectivity index (χ0v) is 19.2. The fourth-order valence-corrected chi connectivity index (χ4v) is 5.55. The third kappa shape index (κ3) is 5.33. The van der Waals surface area contributed by atoms with Crippen molar-refractivity contribution in [1.29, 1.82) is 0 Å². The first-order valence-electron chi connectivity index (χ1n) is 9.53. The lowest BCUT2D eigenvalue weighted by atomic mass is 10.2. The van der Waals surface area contributed by atoms with Gasteiger partial charge in [0.15, 0.2) is 15.0 Å². The molecule has 5 nitrogen and oxygen atoms in total. The summed E-state index contributed by atoms with van der Waals surface area (Å²) in [7, 11) is -3.31. The average molecular weight is 469 g/mol. The van der Waals surface area contributed by atoms with Crippen molar-refractivity contribution in [3.63, 3.8) is 0 Å². The SMILES string of the molecule is CS(=O)(=O)c1ccc2nc(N(Cc3ccccc3)C(=O)CSc3ccccc3)sc2c1. The molecule has 0 N–H and O–H groups in total. The van der Waals surface area contributed by atoms with Crippen LogP contribution in [-0.2, 0) is 21.2 Å². The number of hydrogen-bond acceptors (Lipinski definition) is 6. The quantitative estimate of drug-likeness (QED) is 0.356. The maximum absolute atomic E-state index is 13.2. The largest absolute Gasteiger partial charge is 0.283 e. The molecule has 3 aromatic carbocycles. The molecular formula is C23H20N2O3S3. The van der Waals surface area contributed by atoms with Crippen LogP contribution in [0.3, 0.4) is 0 Å². The van der Waals surface area contributed by atoms with Gasteiger partial charge < -0.3 is 0 Å². The van der Waals surface area contributed by atoms with E-state index in [0.29, 0.717) is 17.2 Å². The van der Waals surface area contributed by atoms with E-state index < -0.39 is 9.84 Å². The van der Waals surface area contributed by atoms with Gasteiger partial charge in [-0.1, -0.05) is 59.9 Å². The summed E-state index contributed by atoms with van der Waals surface area (Å²) in [6, 6.07) is 24.4. The maximum atomic E-state index is 13.2. The molecule has 0 bridgehead atoms. The highest BCUT2D eigenvalue weighted by Crippen LogP contribution is 2.32. The highest BCUT2D eigenvalue weighted by Gasteiger charge is 2.21. The van der Waals surface area contributed by atoms with Crippen molar-refractivity contribution < 1.29 is 13.2 Å². The number of nitrogens with zero attached hydrogens (tertiary/aromatic N) is 2. The Balaban J connectivity index is 1.65. The average Bonchev–Trinajstić information content (AvgIpc) is 3.20. The van der Waals surface area contributed by atoms with Gasteiger partial charge in [-0.3, -0.25) is 9.69 Å². The van der Waals surface area contributed by atoms with Crippen LogP contribution in [0.2, 0.25) is 0 Å². The van der Waals surface area contributed by atoms with Crippen LogP contribution in [-0.4, -0.2) is 31.3 Å². The molecule has 1 amide bonds. The molecule has 0 radical (unpaired) electrons. The van der Waals surface area contributed by atoms with Crippen LogP contribution in [0.5, 0.6) is 0 Å². The van der Waals surface area contributed by atoms with Crippen LogP contribution < -0.4 is 4.90 Å². The van der Waals surface area contributed by atoms with E-state index in [4.69, 9.17) is 0 Å². The summed E-state index contributed by atoms with van der Waals surface area (Å²) >= 11 is 2.81. The van der Waals surface area contributed by atoms with Gasteiger partial charge in [0.25, 0.3) is 0 Å². The number of benzene rings is 3. The second kappa shape index (κ2) is 9.21. The normalized spacial score (nSPS) is 11.5. The molecule has 0 saturated carbocycles. The monoisotopic (exact) mass is 468 g/mol. The number of anilines is 1. The Morgan fingerprint density at radius 3 is 2.35 bits per heavy atom. The number of rotatable bonds is 7. The van der Waals surface area contributed by atoms with Gasteiger partial charge in [0.05, 0.1) is 27.4 Å². The number of carbonyl (C=O) groups excluding carboxylic acids is 1. The minimum absolute atomic E-state index is 0.0555. The van der Waals surface area contributed by atoms with Crippen molar-refractivity contribution in [2.45, 2.75) is 16.3 Å². The van der Waals surface area contributed by atoms with E-state index in [1.165, 1.54) is 29.4 Å². The zero-order valence-electron chi connectivity index (χ0n) is 16.8. The summed E-state index contributed by atoms with van der Waals surface area (Å²) in [6.45, 7) is 0.397. The molecule has 0 fully saturated rings. The van der Waals surface area contributed by atoms with Crippen LogP contribution >= 0.6 is 23.1 Å². The molecule has 4 aromatic rings. The predicted octanol–water partition coefficient (Wildman–Crippen LogP) is 5.03. The molecule has 158 valence electrons. The standard InChI is InChI=1S/C23H20N2O3S3/c1-31(27,28)19-12-13-20-21(14-19)30-23(24-20)25(15-17-8-4-2-5-9-17)22(26)16-29-18-10-6-3-7-11-18/h2-14H,15-16H2,1H3. The molecule has 1 aromatic heterocycles. The summed E-state index contributed by atoms with van der Waals surface area (Å²) < 4.78 is 24.5. The Labute approximate surface area is 189 Å². The lowest BCUT2D eigenvalue weighted by molar-refractivity contribution is -0.116. The van der Waals surface area contributed by atoms with Crippen LogP contribution in [0.25, 0.3) is 10.2 Å². The molecule has 0 saturated heterocycles. The van der Waals surface area contributed by atoms with E-state index >= 15 is 0 Å². The summed E-state index contributed by atoms with van der Waals surface area (Å²) in [6.07, 6.45) is 1.18. The van der Waals surface area contributed by atoms with Crippen molar-refractivity contribution in [3.8, 4) is 0 Å². The Bertz CT molecular complexity index is 1300. The molecule has 0 unspecified atom stereocenters. The minimum Gasteiger partial charge on any atom is -0.283 e. The lowest BCUT2D eigenvalue weighted by Gasteiger charge is -2.20. The molecular weight excluding hydrogens is 448 g/mol. The third-order valence-corrected chi connectivity index (χ3v) is 7.75. The van der Waals surface area contributed by atoms with E-state index in [9.17, 15) is 13.2 Å². The Morgan fingerprint density at radius 1 is 1.00 bits per heavy atom. The molecule has 8 heteroatoms. The molecule has 1 heterocycles. The van der Waals surface area contributed by atoms with Gasteiger partial charge in [-0.15, -0.1) is 11.8 Å². The van der Waals surface area contributed by atoms with Crippen LogP contribution in [0.1, 0.15) is 5.56 Å². The Hall–Kier alpha value is -2.68. The van der Waals surface area contributed by atoms with Gasteiger partial charge in [-0.25, -0.2) is 13.4 Å². The van der Waals surface area contributed by atoms with Crippen molar-refractivity contribution in [3.05, 3.63) is 84.4 Å². The second-order valence-corrected chi connectivity index (χ2v) is 11.0. The fourth-order valence-electron chi connectivity index (χ4n) is 3.01. The van der Waals surface area contributed by atoms with Gasteiger partial charge >= 0.3 is 0 Å². The van der Waals surface area contributed by atoms with Gasteiger partial charge in [-0.2, -0.15) is 0 Å². The summed E-state index contributed by atoms with van der Waals surface area (Å²) in [5, 5.41) is 0.558. The second-order valence-electron chi connectivity index (χ2n) is 6.97. The smallest absolute Gasteiger partial charge is 0.239 e. The van der Waals surface area contributed by atoms with Crippen LogP contribution in [0.4, 0.5) is 5.13 Å². The number of aromatic nitrogens is 1. The number of hydrogen-bond donors (Lipinski definition) is 0. The highest BCUT2D eigenvalue weighted by atomic mass is 32.2. The lowest BCUT2D eigenvalue weighted by Crippen LogP contribution is -2.31. The van der Waals surface area contributed by atoms with Gasteiger partial charge in [-0.05, 0) is 35.9 Å². The number of sulfone groups is 1. The summed E-state index contributed by atoms with van der Waals surface area (Å²) in [5.74, 6) is 0.224. The zero-order chi connectivity index (χ0) is 21.8. The number of fused-ring (bicyclic) bond motifs is 1. The van der Waals surface area contributed by atoms with Crippen molar-refractivity contribution in [2.75, 3.05) is 16.9 Å². The molecule has 31 heavy (non-hydrogen) atoms. The van der Waals surface area contributed by atoms with Gasteiger partial charge in [0, 0.05) is 11.2 Å². The Kier molecular flexibility index (Phi) is 6.41. The maximum Gasteiger partial charge on any atom is 0.239 e. The van der Waals surface area contributed by atoms with Crippen molar-refractivity contribution in [1.82, 2.24) is 4.98 Å². The number of amides is 1. The summed E-state index contributed by atoms with van der Waals surface area (Å²) in [4.78, 5) is 20.8. The van der Waals surface area contributed by atoms with E-state index in [1.54, 1.807) is 23.1 Å². The molecule has 0 spiro atoms. The van der Waals surface area contributed by atoms with Crippen LogP contribution in [0, 0.1) is 0 Å².